The first-order chi connectivity index (χ1) is 9.79. The number of benzene rings is 2. The second-order valence-corrected chi connectivity index (χ2v) is 4.63. The molecule has 0 heterocycles. The van der Waals surface area contributed by atoms with Crippen LogP contribution in [-0.4, -0.2) is 0 Å². The Bertz CT molecular complexity index is 636. The molecule has 0 saturated carbocycles. The predicted octanol–water partition coefficient (Wildman–Crippen LogP) is 4.23. The lowest BCUT2D eigenvalue weighted by atomic mass is 9.95. The van der Waals surface area contributed by atoms with Crippen molar-refractivity contribution in [3.05, 3.63) is 70.8 Å². The average molecular weight is 301 g/mol. The Morgan fingerprint density at radius 2 is 1.67 bits per heavy atom. The molecular formula is C15H12F5N. The first-order valence-corrected chi connectivity index (χ1v) is 6.14. The SMILES string of the molecule is NC(Cc1cc(F)ccc1F)c1ccccc1C(F)(F)F. The molecule has 112 valence electrons. The minimum atomic E-state index is -4.55. The second kappa shape index (κ2) is 5.81. The Labute approximate surface area is 118 Å². The molecule has 0 spiro atoms. The van der Waals surface area contributed by atoms with Gasteiger partial charge in [-0.2, -0.15) is 13.2 Å². The van der Waals surface area contributed by atoms with Crippen molar-refractivity contribution in [1.82, 2.24) is 0 Å². The van der Waals surface area contributed by atoms with Gasteiger partial charge in [0, 0.05) is 6.04 Å². The number of hydrogen-bond donors (Lipinski definition) is 1. The quantitative estimate of drug-likeness (QED) is 0.844. The molecule has 0 aliphatic rings. The van der Waals surface area contributed by atoms with Crippen LogP contribution >= 0.6 is 0 Å². The number of hydrogen-bond acceptors (Lipinski definition) is 1. The summed E-state index contributed by atoms with van der Waals surface area (Å²) in [6.45, 7) is 0. The molecule has 0 saturated heterocycles. The maximum absolute atomic E-state index is 13.5. The fraction of sp³-hybridized carbons (Fsp3) is 0.200. The van der Waals surface area contributed by atoms with E-state index < -0.39 is 29.4 Å². The summed E-state index contributed by atoms with van der Waals surface area (Å²) in [6, 6.07) is 6.54. The van der Waals surface area contributed by atoms with Crippen molar-refractivity contribution in [3.63, 3.8) is 0 Å². The minimum absolute atomic E-state index is 0.0560. The van der Waals surface area contributed by atoms with E-state index in [1.54, 1.807) is 0 Å². The summed E-state index contributed by atoms with van der Waals surface area (Å²) < 4.78 is 65.3. The van der Waals surface area contributed by atoms with Gasteiger partial charge in [-0.3, -0.25) is 0 Å². The van der Waals surface area contributed by atoms with E-state index >= 15 is 0 Å². The summed E-state index contributed by atoms with van der Waals surface area (Å²) in [4.78, 5) is 0. The zero-order chi connectivity index (χ0) is 15.6. The van der Waals surface area contributed by atoms with Gasteiger partial charge in [-0.1, -0.05) is 18.2 Å². The van der Waals surface area contributed by atoms with Crippen LogP contribution in [0.1, 0.15) is 22.7 Å². The summed E-state index contributed by atoms with van der Waals surface area (Å²) >= 11 is 0. The monoisotopic (exact) mass is 301 g/mol. The molecule has 0 fully saturated rings. The normalized spacial score (nSPS) is 13.2. The van der Waals surface area contributed by atoms with Crippen LogP contribution < -0.4 is 5.73 Å². The molecule has 0 amide bonds. The number of nitrogens with two attached hydrogens (primary N) is 1. The van der Waals surface area contributed by atoms with E-state index in [9.17, 15) is 22.0 Å². The Hall–Kier alpha value is -1.95. The van der Waals surface area contributed by atoms with Crippen LogP contribution in [0.4, 0.5) is 22.0 Å². The van der Waals surface area contributed by atoms with Gasteiger partial charge >= 0.3 is 6.18 Å². The lowest BCUT2D eigenvalue weighted by Crippen LogP contribution is -2.19. The Morgan fingerprint density at radius 3 is 2.33 bits per heavy atom. The van der Waals surface area contributed by atoms with E-state index in [-0.39, 0.29) is 17.5 Å². The highest BCUT2D eigenvalue weighted by Crippen LogP contribution is 2.34. The van der Waals surface area contributed by atoms with Crippen LogP contribution in [-0.2, 0) is 12.6 Å². The molecule has 0 aromatic heterocycles. The lowest BCUT2D eigenvalue weighted by Gasteiger charge is -2.18. The second-order valence-electron chi connectivity index (χ2n) is 4.63. The van der Waals surface area contributed by atoms with Gasteiger partial charge in [-0.05, 0) is 41.8 Å². The molecule has 6 heteroatoms. The van der Waals surface area contributed by atoms with Crippen molar-refractivity contribution in [2.45, 2.75) is 18.6 Å². The molecule has 1 atom stereocenters. The molecule has 0 bridgehead atoms. The summed E-state index contributed by atoms with van der Waals surface area (Å²) in [6.07, 6.45) is -4.77. The molecule has 0 radical (unpaired) electrons. The molecule has 1 nitrogen and oxygen atoms in total. The lowest BCUT2D eigenvalue weighted by molar-refractivity contribution is -0.138. The van der Waals surface area contributed by atoms with Crippen LogP contribution in [0.3, 0.4) is 0 Å². The zero-order valence-electron chi connectivity index (χ0n) is 10.8. The Morgan fingerprint density at radius 1 is 1.00 bits per heavy atom. The molecule has 2 rings (SSSR count). The topological polar surface area (TPSA) is 26.0 Å². The molecule has 2 N–H and O–H groups in total. The third-order valence-corrected chi connectivity index (χ3v) is 3.11. The summed E-state index contributed by atoms with van der Waals surface area (Å²) in [7, 11) is 0. The van der Waals surface area contributed by atoms with Crippen LogP contribution in [0.2, 0.25) is 0 Å². The molecule has 2 aromatic carbocycles. The fourth-order valence-corrected chi connectivity index (χ4v) is 2.13. The summed E-state index contributed by atoms with van der Waals surface area (Å²) in [5.74, 6) is -1.36. The van der Waals surface area contributed by atoms with Crippen LogP contribution in [0, 0.1) is 11.6 Å². The molecule has 0 aliphatic carbocycles. The number of rotatable bonds is 3. The highest BCUT2D eigenvalue weighted by atomic mass is 19.4. The predicted molar refractivity (Wildman–Crippen MR) is 68.4 cm³/mol. The van der Waals surface area contributed by atoms with Crippen LogP contribution in [0.25, 0.3) is 0 Å². The molecular weight excluding hydrogens is 289 g/mol. The first-order valence-electron chi connectivity index (χ1n) is 6.14. The minimum Gasteiger partial charge on any atom is -0.324 e. The summed E-state index contributed by atoms with van der Waals surface area (Å²) in [5.41, 5.74) is 4.69. The van der Waals surface area contributed by atoms with E-state index in [2.05, 4.69) is 0 Å². The smallest absolute Gasteiger partial charge is 0.324 e. The van der Waals surface area contributed by atoms with Crippen molar-refractivity contribution in [3.8, 4) is 0 Å². The maximum atomic E-state index is 13.5. The van der Waals surface area contributed by atoms with Gasteiger partial charge in [0.2, 0.25) is 0 Å². The molecule has 2 aromatic rings. The van der Waals surface area contributed by atoms with Crippen molar-refractivity contribution in [2.24, 2.45) is 5.73 Å². The van der Waals surface area contributed by atoms with E-state index in [1.807, 2.05) is 0 Å². The standard InChI is InChI=1S/C15H12F5N/c16-10-5-6-13(17)9(7-10)8-14(21)11-3-1-2-4-12(11)15(18,19)20/h1-7,14H,8,21H2. The molecule has 1 unspecified atom stereocenters. The van der Waals surface area contributed by atoms with E-state index in [1.165, 1.54) is 18.2 Å². The van der Waals surface area contributed by atoms with Gasteiger partial charge in [-0.15, -0.1) is 0 Å². The van der Waals surface area contributed by atoms with E-state index in [0.717, 1.165) is 24.3 Å². The van der Waals surface area contributed by atoms with Gasteiger partial charge in [0.15, 0.2) is 0 Å². The summed E-state index contributed by atoms with van der Waals surface area (Å²) in [5, 5.41) is 0. The molecule has 0 aliphatic heterocycles. The highest BCUT2D eigenvalue weighted by Gasteiger charge is 2.34. The van der Waals surface area contributed by atoms with E-state index in [0.29, 0.717) is 0 Å². The van der Waals surface area contributed by atoms with Crippen molar-refractivity contribution in [1.29, 1.82) is 0 Å². The van der Waals surface area contributed by atoms with Gasteiger partial charge in [0.1, 0.15) is 11.6 Å². The van der Waals surface area contributed by atoms with Crippen LogP contribution in [0.5, 0.6) is 0 Å². The number of alkyl halides is 3. The van der Waals surface area contributed by atoms with Gasteiger partial charge in [0.05, 0.1) is 5.56 Å². The van der Waals surface area contributed by atoms with Gasteiger partial charge in [0.25, 0.3) is 0 Å². The third kappa shape index (κ3) is 3.58. The van der Waals surface area contributed by atoms with Gasteiger partial charge in [-0.25, -0.2) is 8.78 Å². The van der Waals surface area contributed by atoms with E-state index in [4.69, 9.17) is 5.73 Å². The first kappa shape index (κ1) is 15.4. The zero-order valence-corrected chi connectivity index (χ0v) is 10.8. The fourth-order valence-electron chi connectivity index (χ4n) is 2.13. The number of halogens is 5. The maximum Gasteiger partial charge on any atom is 0.416 e. The highest BCUT2D eigenvalue weighted by molar-refractivity contribution is 5.33. The third-order valence-electron chi connectivity index (χ3n) is 3.11. The average Bonchev–Trinajstić information content (AvgIpc) is 2.42. The van der Waals surface area contributed by atoms with Crippen molar-refractivity contribution >= 4 is 0 Å². The Balaban J connectivity index is 2.33. The Kier molecular flexibility index (Phi) is 4.27. The van der Waals surface area contributed by atoms with Gasteiger partial charge < -0.3 is 5.73 Å². The molecule has 21 heavy (non-hydrogen) atoms. The van der Waals surface area contributed by atoms with Crippen molar-refractivity contribution in [2.75, 3.05) is 0 Å². The van der Waals surface area contributed by atoms with Crippen LogP contribution in [0.15, 0.2) is 42.5 Å². The van der Waals surface area contributed by atoms with Crippen molar-refractivity contribution < 1.29 is 22.0 Å². The largest absolute Gasteiger partial charge is 0.416 e.